The largest absolute Gasteiger partial charge is 0.425 e. The molecule has 0 radical (unpaired) electrons. The molecular weight excluding hydrogens is 336 g/mol. The standard InChI is InChI=1S/C23H18N2O2/c1-17-10-8-9-15-21(17)27-23-24-20(16-18-11-4-2-5-12-18)22(26)25(23)19-13-6-3-7-14-19/h2-16H,1H3/b20-16+. The summed E-state index contributed by atoms with van der Waals surface area (Å²) in [5.74, 6) is 0.458. The normalized spacial score (nSPS) is 15.1. The Balaban J connectivity index is 1.75. The van der Waals surface area contributed by atoms with Crippen molar-refractivity contribution >= 4 is 23.7 Å². The number of anilines is 1. The summed E-state index contributed by atoms with van der Waals surface area (Å²) in [5, 5.41) is 0. The van der Waals surface area contributed by atoms with Gasteiger partial charge in [0.05, 0.1) is 5.69 Å². The summed E-state index contributed by atoms with van der Waals surface area (Å²) in [6, 6.07) is 27.0. The highest BCUT2D eigenvalue weighted by Crippen LogP contribution is 2.27. The lowest BCUT2D eigenvalue weighted by molar-refractivity contribution is -0.113. The van der Waals surface area contributed by atoms with Crippen molar-refractivity contribution in [3.05, 3.63) is 102 Å². The van der Waals surface area contributed by atoms with Crippen LogP contribution in [0.25, 0.3) is 6.08 Å². The molecule has 0 atom stereocenters. The minimum atomic E-state index is -0.214. The van der Waals surface area contributed by atoms with Crippen LogP contribution in [0.4, 0.5) is 5.69 Å². The highest BCUT2D eigenvalue weighted by Gasteiger charge is 2.33. The topological polar surface area (TPSA) is 41.9 Å². The molecule has 0 spiro atoms. The maximum atomic E-state index is 13.1. The number of rotatable bonds is 3. The van der Waals surface area contributed by atoms with E-state index in [4.69, 9.17) is 4.74 Å². The Morgan fingerprint density at radius 2 is 1.48 bits per heavy atom. The molecule has 0 saturated carbocycles. The molecule has 132 valence electrons. The molecule has 4 rings (SSSR count). The molecule has 1 aliphatic heterocycles. The highest BCUT2D eigenvalue weighted by molar-refractivity contribution is 6.27. The van der Waals surface area contributed by atoms with E-state index >= 15 is 0 Å². The summed E-state index contributed by atoms with van der Waals surface area (Å²) in [6.07, 6.45) is 1.77. The Labute approximate surface area is 158 Å². The number of carbonyl (C=O) groups is 1. The highest BCUT2D eigenvalue weighted by atomic mass is 16.5. The number of aliphatic imine (C=N–C) groups is 1. The fourth-order valence-corrected chi connectivity index (χ4v) is 2.85. The lowest BCUT2D eigenvalue weighted by atomic mass is 10.2. The third kappa shape index (κ3) is 3.51. The number of benzene rings is 3. The number of amidine groups is 1. The molecule has 1 aliphatic rings. The molecule has 0 bridgehead atoms. The Morgan fingerprint density at radius 1 is 0.852 bits per heavy atom. The van der Waals surface area contributed by atoms with Crippen molar-refractivity contribution in [3.63, 3.8) is 0 Å². The van der Waals surface area contributed by atoms with Crippen molar-refractivity contribution in [3.8, 4) is 5.75 Å². The van der Waals surface area contributed by atoms with Crippen LogP contribution in [0.5, 0.6) is 5.75 Å². The van der Waals surface area contributed by atoms with Gasteiger partial charge in [0, 0.05) is 0 Å². The molecule has 1 heterocycles. The number of carbonyl (C=O) groups excluding carboxylic acids is 1. The third-order valence-electron chi connectivity index (χ3n) is 4.24. The zero-order valence-electron chi connectivity index (χ0n) is 14.9. The van der Waals surface area contributed by atoms with E-state index in [9.17, 15) is 4.79 Å². The zero-order valence-corrected chi connectivity index (χ0v) is 14.9. The number of amides is 1. The molecule has 1 amide bonds. The molecule has 0 saturated heterocycles. The summed E-state index contributed by atoms with van der Waals surface area (Å²) in [4.78, 5) is 19.1. The minimum absolute atomic E-state index is 0.214. The van der Waals surface area contributed by atoms with Gasteiger partial charge in [0.2, 0.25) is 0 Å². The molecule has 3 aromatic carbocycles. The lowest BCUT2D eigenvalue weighted by Gasteiger charge is -2.18. The van der Waals surface area contributed by atoms with Gasteiger partial charge in [0.1, 0.15) is 11.4 Å². The summed E-state index contributed by atoms with van der Waals surface area (Å²) >= 11 is 0. The summed E-state index contributed by atoms with van der Waals surface area (Å²) in [5.41, 5.74) is 2.94. The molecule has 27 heavy (non-hydrogen) atoms. The number of aryl methyl sites for hydroxylation is 1. The van der Waals surface area contributed by atoms with Crippen LogP contribution >= 0.6 is 0 Å². The lowest BCUT2D eigenvalue weighted by Crippen LogP contribution is -2.35. The van der Waals surface area contributed by atoms with Gasteiger partial charge in [-0.2, -0.15) is 4.99 Å². The second-order valence-corrected chi connectivity index (χ2v) is 6.18. The molecular formula is C23H18N2O2. The number of ether oxygens (including phenoxy) is 1. The molecule has 0 fully saturated rings. The van der Waals surface area contributed by atoms with E-state index in [0.29, 0.717) is 17.1 Å². The smallest absolute Gasteiger partial charge is 0.310 e. The molecule has 3 aromatic rings. The molecule has 4 nitrogen and oxygen atoms in total. The van der Waals surface area contributed by atoms with Crippen molar-refractivity contribution in [1.29, 1.82) is 0 Å². The van der Waals surface area contributed by atoms with Crippen molar-refractivity contribution in [1.82, 2.24) is 0 Å². The van der Waals surface area contributed by atoms with Crippen molar-refractivity contribution in [2.24, 2.45) is 4.99 Å². The van der Waals surface area contributed by atoms with E-state index in [1.165, 1.54) is 4.90 Å². The minimum Gasteiger partial charge on any atom is -0.425 e. The average Bonchev–Trinajstić information content (AvgIpc) is 3.00. The van der Waals surface area contributed by atoms with E-state index < -0.39 is 0 Å². The average molecular weight is 354 g/mol. The van der Waals surface area contributed by atoms with Crippen LogP contribution < -0.4 is 9.64 Å². The van der Waals surface area contributed by atoms with Crippen LogP contribution in [0, 0.1) is 6.92 Å². The van der Waals surface area contributed by atoms with E-state index in [-0.39, 0.29) is 11.9 Å². The predicted molar refractivity (Wildman–Crippen MR) is 108 cm³/mol. The molecule has 0 N–H and O–H groups in total. The van der Waals surface area contributed by atoms with Crippen LogP contribution in [0.1, 0.15) is 11.1 Å². The molecule has 0 unspecified atom stereocenters. The third-order valence-corrected chi connectivity index (χ3v) is 4.24. The van der Waals surface area contributed by atoms with Gasteiger partial charge < -0.3 is 4.74 Å². The van der Waals surface area contributed by atoms with Crippen molar-refractivity contribution < 1.29 is 9.53 Å². The van der Waals surface area contributed by atoms with Crippen LogP contribution in [-0.2, 0) is 4.79 Å². The molecule has 0 aromatic heterocycles. The summed E-state index contributed by atoms with van der Waals surface area (Å²) in [7, 11) is 0. The Morgan fingerprint density at radius 3 is 2.19 bits per heavy atom. The summed E-state index contributed by atoms with van der Waals surface area (Å²) < 4.78 is 6.03. The van der Waals surface area contributed by atoms with Crippen LogP contribution in [0.3, 0.4) is 0 Å². The second kappa shape index (κ2) is 7.30. The number of hydrogen-bond donors (Lipinski definition) is 0. The van der Waals surface area contributed by atoms with Crippen LogP contribution in [0.2, 0.25) is 0 Å². The summed E-state index contributed by atoms with van der Waals surface area (Å²) in [6.45, 7) is 1.96. The quantitative estimate of drug-likeness (QED) is 0.633. The number of para-hydroxylation sites is 2. The first-order chi connectivity index (χ1) is 13.2. The van der Waals surface area contributed by atoms with E-state index in [1.807, 2.05) is 91.9 Å². The zero-order chi connectivity index (χ0) is 18.6. The first-order valence-electron chi connectivity index (χ1n) is 8.71. The number of hydrogen-bond acceptors (Lipinski definition) is 3. The first kappa shape index (κ1) is 16.8. The first-order valence-corrected chi connectivity index (χ1v) is 8.71. The van der Waals surface area contributed by atoms with Crippen LogP contribution in [0.15, 0.2) is 95.6 Å². The van der Waals surface area contributed by atoms with Gasteiger partial charge in [-0.05, 0) is 42.3 Å². The van der Waals surface area contributed by atoms with Gasteiger partial charge in [0.25, 0.3) is 5.91 Å². The second-order valence-electron chi connectivity index (χ2n) is 6.18. The predicted octanol–water partition coefficient (Wildman–Crippen LogP) is 4.82. The van der Waals surface area contributed by atoms with Crippen LogP contribution in [-0.4, -0.2) is 11.9 Å². The van der Waals surface area contributed by atoms with Gasteiger partial charge in [0.15, 0.2) is 0 Å². The monoisotopic (exact) mass is 354 g/mol. The number of nitrogens with zero attached hydrogens (tertiary/aromatic N) is 2. The molecule has 4 heteroatoms. The Hall–Kier alpha value is -3.66. The maximum Gasteiger partial charge on any atom is 0.310 e. The maximum absolute atomic E-state index is 13.1. The Bertz CT molecular complexity index is 1020. The van der Waals surface area contributed by atoms with E-state index in [0.717, 1.165) is 11.1 Å². The van der Waals surface area contributed by atoms with E-state index in [2.05, 4.69) is 4.99 Å². The fourth-order valence-electron chi connectivity index (χ4n) is 2.85. The molecule has 0 aliphatic carbocycles. The van der Waals surface area contributed by atoms with E-state index in [1.54, 1.807) is 6.08 Å². The van der Waals surface area contributed by atoms with Crippen molar-refractivity contribution in [2.75, 3.05) is 4.90 Å². The van der Waals surface area contributed by atoms with Gasteiger partial charge in [-0.3, -0.25) is 4.79 Å². The Kier molecular flexibility index (Phi) is 4.54. The van der Waals surface area contributed by atoms with Gasteiger partial charge in [-0.15, -0.1) is 0 Å². The fraction of sp³-hybridized carbons (Fsp3) is 0.0435. The van der Waals surface area contributed by atoms with Gasteiger partial charge in [-0.25, -0.2) is 4.90 Å². The van der Waals surface area contributed by atoms with Gasteiger partial charge in [-0.1, -0.05) is 66.7 Å². The van der Waals surface area contributed by atoms with Crippen molar-refractivity contribution in [2.45, 2.75) is 6.92 Å². The van der Waals surface area contributed by atoms with Gasteiger partial charge >= 0.3 is 6.02 Å². The SMILES string of the molecule is Cc1ccccc1OC1=N/C(=C/c2ccccc2)C(=O)N1c1ccccc1.